The van der Waals surface area contributed by atoms with Crippen molar-refractivity contribution in [3.8, 4) is 0 Å². The van der Waals surface area contributed by atoms with Gasteiger partial charge in [-0.15, -0.1) is 11.3 Å². The number of aliphatic hydroxyl groups excluding tert-OH is 1. The summed E-state index contributed by atoms with van der Waals surface area (Å²) < 4.78 is 0. The van der Waals surface area contributed by atoms with E-state index in [-0.39, 0.29) is 0 Å². The van der Waals surface area contributed by atoms with Crippen LogP contribution in [0.3, 0.4) is 0 Å². The second-order valence-corrected chi connectivity index (χ2v) is 3.22. The first kappa shape index (κ1) is 7.72. The highest BCUT2D eigenvalue weighted by atomic mass is 32.1. The Morgan fingerprint density at radius 1 is 1.80 bits per heavy atom. The first-order chi connectivity index (χ1) is 4.74. The lowest BCUT2D eigenvalue weighted by Gasteiger charge is -2.01. The number of nitrogens with two attached hydrogens (primary N) is 1. The average Bonchev–Trinajstić information content (AvgIpc) is 2.34. The van der Waals surface area contributed by atoms with E-state index in [1.54, 1.807) is 11.3 Å². The molecule has 0 aliphatic rings. The fourth-order valence-electron chi connectivity index (χ4n) is 0.744. The SMILES string of the molecule is Cc1csc([C@@H](O)CN)c1. The maximum Gasteiger partial charge on any atom is 0.100 e. The molecule has 0 saturated carbocycles. The zero-order chi connectivity index (χ0) is 7.56. The molecule has 0 aliphatic heterocycles. The van der Waals surface area contributed by atoms with Gasteiger partial charge in [0.2, 0.25) is 0 Å². The molecule has 0 aliphatic carbocycles. The lowest BCUT2D eigenvalue weighted by atomic mass is 10.2. The lowest BCUT2D eigenvalue weighted by Crippen LogP contribution is -2.09. The third kappa shape index (κ3) is 1.56. The van der Waals surface area contributed by atoms with Gasteiger partial charge in [0.15, 0.2) is 0 Å². The molecule has 1 aromatic heterocycles. The van der Waals surface area contributed by atoms with Gasteiger partial charge < -0.3 is 10.8 Å². The molecule has 1 atom stereocenters. The summed E-state index contributed by atoms with van der Waals surface area (Å²) in [5.74, 6) is 0. The predicted molar refractivity (Wildman–Crippen MR) is 43.1 cm³/mol. The third-order valence-electron chi connectivity index (χ3n) is 1.30. The van der Waals surface area contributed by atoms with E-state index in [9.17, 15) is 5.11 Å². The van der Waals surface area contributed by atoms with Crippen LogP contribution in [0, 0.1) is 6.92 Å². The molecular formula is C7H11NOS. The minimum absolute atomic E-state index is 0.306. The van der Waals surface area contributed by atoms with E-state index in [2.05, 4.69) is 0 Å². The standard InChI is InChI=1S/C7H11NOS/c1-5-2-7(10-4-5)6(9)3-8/h2,4,6,9H,3,8H2,1H3/t6-/m0/s1. The number of rotatable bonds is 2. The molecule has 3 N–H and O–H groups in total. The van der Waals surface area contributed by atoms with Crippen molar-refractivity contribution >= 4 is 11.3 Å². The summed E-state index contributed by atoms with van der Waals surface area (Å²) in [6.45, 7) is 2.31. The van der Waals surface area contributed by atoms with Gasteiger partial charge in [-0.3, -0.25) is 0 Å². The highest BCUT2D eigenvalue weighted by Gasteiger charge is 2.05. The van der Waals surface area contributed by atoms with Crippen LogP contribution in [0.1, 0.15) is 16.5 Å². The maximum absolute atomic E-state index is 9.23. The van der Waals surface area contributed by atoms with E-state index >= 15 is 0 Å². The van der Waals surface area contributed by atoms with Gasteiger partial charge in [0.25, 0.3) is 0 Å². The first-order valence-corrected chi connectivity index (χ1v) is 4.05. The molecule has 0 unspecified atom stereocenters. The Hall–Kier alpha value is -0.380. The zero-order valence-corrected chi connectivity index (χ0v) is 6.69. The summed E-state index contributed by atoms with van der Waals surface area (Å²) in [7, 11) is 0. The van der Waals surface area contributed by atoms with Crippen molar-refractivity contribution in [2.75, 3.05) is 6.54 Å². The van der Waals surface area contributed by atoms with Gasteiger partial charge in [-0.1, -0.05) is 0 Å². The van der Waals surface area contributed by atoms with Crippen LogP contribution >= 0.6 is 11.3 Å². The summed E-state index contributed by atoms with van der Waals surface area (Å²) in [4.78, 5) is 0.958. The van der Waals surface area contributed by atoms with E-state index in [4.69, 9.17) is 5.73 Å². The molecule has 3 heteroatoms. The van der Waals surface area contributed by atoms with Gasteiger partial charge in [-0.05, 0) is 23.9 Å². The molecule has 0 saturated heterocycles. The quantitative estimate of drug-likeness (QED) is 0.674. The van der Waals surface area contributed by atoms with Crippen LogP contribution in [0.2, 0.25) is 0 Å². The van der Waals surface area contributed by atoms with E-state index in [1.165, 1.54) is 5.56 Å². The number of aliphatic hydroxyl groups is 1. The molecule has 1 heterocycles. The van der Waals surface area contributed by atoms with E-state index in [1.807, 2.05) is 18.4 Å². The minimum Gasteiger partial charge on any atom is -0.386 e. The Morgan fingerprint density at radius 2 is 2.50 bits per heavy atom. The molecule has 2 nitrogen and oxygen atoms in total. The van der Waals surface area contributed by atoms with E-state index in [0.717, 1.165) is 4.88 Å². The topological polar surface area (TPSA) is 46.2 Å². The molecule has 1 rings (SSSR count). The Morgan fingerprint density at radius 3 is 2.90 bits per heavy atom. The molecule has 0 fully saturated rings. The van der Waals surface area contributed by atoms with Gasteiger partial charge in [-0.25, -0.2) is 0 Å². The summed E-state index contributed by atoms with van der Waals surface area (Å²) in [6.07, 6.45) is -0.473. The Kier molecular flexibility index (Phi) is 2.43. The molecule has 0 bridgehead atoms. The monoisotopic (exact) mass is 157 g/mol. The van der Waals surface area contributed by atoms with Crippen LogP contribution in [-0.2, 0) is 0 Å². The molecule has 1 aromatic rings. The average molecular weight is 157 g/mol. The molecule has 0 spiro atoms. The van der Waals surface area contributed by atoms with Crippen LogP contribution in [0.5, 0.6) is 0 Å². The largest absolute Gasteiger partial charge is 0.386 e. The van der Waals surface area contributed by atoms with E-state index in [0.29, 0.717) is 6.54 Å². The lowest BCUT2D eigenvalue weighted by molar-refractivity contribution is 0.190. The first-order valence-electron chi connectivity index (χ1n) is 3.17. The van der Waals surface area contributed by atoms with Crippen molar-refractivity contribution in [2.24, 2.45) is 5.73 Å². The van der Waals surface area contributed by atoms with E-state index < -0.39 is 6.10 Å². The molecule has 0 aromatic carbocycles. The van der Waals surface area contributed by atoms with Crippen LogP contribution in [0.15, 0.2) is 11.4 Å². The number of thiophene rings is 1. The van der Waals surface area contributed by atoms with Gasteiger partial charge >= 0.3 is 0 Å². The third-order valence-corrected chi connectivity index (χ3v) is 2.45. The van der Waals surface area contributed by atoms with Gasteiger partial charge in [0.1, 0.15) is 6.10 Å². The normalized spacial score (nSPS) is 13.5. The smallest absolute Gasteiger partial charge is 0.100 e. The zero-order valence-electron chi connectivity index (χ0n) is 5.87. The van der Waals surface area contributed by atoms with Crippen molar-refractivity contribution in [1.82, 2.24) is 0 Å². The van der Waals surface area contributed by atoms with Gasteiger partial charge in [-0.2, -0.15) is 0 Å². The summed E-state index contributed by atoms with van der Waals surface area (Å²) in [5.41, 5.74) is 6.46. The van der Waals surface area contributed by atoms with Gasteiger partial charge in [0.05, 0.1) is 0 Å². The highest BCUT2D eigenvalue weighted by Crippen LogP contribution is 2.20. The Labute approximate surface area is 64.3 Å². The highest BCUT2D eigenvalue weighted by molar-refractivity contribution is 7.10. The van der Waals surface area contributed by atoms with Crippen molar-refractivity contribution in [3.63, 3.8) is 0 Å². The summed E-state index contributed by atoms with van der Waals surface area (Å²) in [5, 5.41) is 11.2. The fourth-order valence-corrected chi connectivity index (χ4v) is 1.64. The maximum atomic E-state index is 9.23. The number of hydrogen-bond donors (Lipinski definition) is 2. The second kappa shape index (κ2) is 3.14. The van der Waals surface area contributed by atoms with Crippen LogP contribution in [-0.4, -0.2) is 11.7 Å². The van der Waals surface area contributed by atoms with Crippen molar-refractivity contribution in [1.29, 1.82) is 0 Å². The fraction of sp³-hybridized carbons (Fsp3) is 0.429. The number of aryl methyl sites for hydroxylation is 1. The Bertz CT molecular complexity index is 209. The molecule has 10 heavy (non-hydrogen) atoms. The second-order valence-electron chi connectivity index (χ2n) is 2.28. The van der Waals surface area contributed by atoms with Crippen LogP contribution < -0.4 is 5.73 Å². The van der Waals surface area contributed by atoms with Crippen LogP contribution in [0.25, 0.3) is 0 Å². The van der Waals surface area contributed by atoms with Crippen molar-refractivity contribution < 1.29 is 5.11 Å². The minimum atomic E-state index is -0.473. The molecule has 0 amide bonds. The van der Waals surface area contributed by atoms with Crippen molar-refractivity contribution in [3.05, 3.63) is 21.9 Å². The predicted octanol–water partition coefficient (Wildman–Crippen LogP) is 1.05. The molecule has 56 valence electrons. The Balaban J connectivity index is 2.74. The van der Waals surface area contributed by atoms with Gasteiger partial charge in [0, 0.05) is 11.4 Å². The molecular weight excluding hydrogens is 146 g/mol. The number of hydrogen-bond acceptors (Lipinski definition) is 3. The summed E-state index contributed by atoms with van der Waals surface area (Å²) in [6, 6.07) is 1.96. The molecule has 0 radical (unpaired) electrons. The van der Waals surface area contributed by atoms with Crippen molar-refractivity contribution in [2.45, 2.75) is 13.0 Å². The summed E-state index contributed by atoms with van der Waals surface area (Å²) >= 11 is 1.55. The van der Waals surface area contributed by atoms with Crippen LogP contribution in [0.4, 0.5) is 0 Å².